The molecule has 0 spiro atoms. The van der Waals surface area contributed by atoms with Gasteiger partial charge in [-0.25, -0.2) is 9.97 Å². The number of anilines is 4. The molecule has 2 aliphatic heterocycles. The number of carbonyl (C=O) groups excluding carboxylic acids is 1. The van der Waals surface area contributed by atoms with Gasteiger partial charge in [0, 0.05) is 24.8 Å². The number of nitrogens with zero attached hydrogens (tertiary/aromatic N) is 3. The zero-order valence-electron chi connectivity index (χ0n) is 15.7. The normalized spacial score (nSPS) is 16.5. The number of hydrogen-bond donors (Lipinski definition) is 2. The Kier molecular flexibility index (Phi) is 5.05. The highest BCUT2D eigenvalue weighted by Gasteiger charge is 2.27. The molecule has 2 aliphatic rings. The van der Waals surface area contributed by atoms with Crippen molar-refractivity contribution < 1.29 is 19.0 Å². The van der Waals surface area contributed by atoms with Gasteiger partial charge in [0.05, 0.1) is 13.0 Å². The second kappa shape index (κ2) is 7.79. The van der Waals surface area contributed by atoms with Gasteiger partial charge in [-0.05, 0) is 25.0 Å². The molecule has 0 bridgehead atoms. The number of carbonyl (C=O) groups is 1. The predicted octanol–water partition coefficient (Wildman–Crippen LogP) is 1.96. The monoisotopic (exact) mass is 385 g/mol. The number of esters is 1. The van der Waals surface area contributed by atoms with Gasteiger partial charge in [-0.1, -0.05) is 0 Å². The number of hydrogen-bond acceptors (Lipinski definition) is 9. The Morgan fingerprint density at radius 1 is 1.21 bits per heavy atom. The second-order valence-electron chi connectivity index (χ2n) is 6.73. The summed E-state index contributed by atoms with van der Waals surface area (Å²) < 4.78 is 16.0. The van der Waals surface area contributed by atoms with E-state index in [0.29, 0.717) is 62.2 Å². The number of nitrogen functional groups attached to an aromatic ring is 1. The van der Waals surface area contributed by atoms with Crippen LogP contribution in [0.2, 0.25) is 0 Å². The number of methoxy groups -OCH3 is 1. The molecule has 0 radical (unpaired) electrons. The van der Waals surface area contributed by atoms with Crippen LogP contribution >= 0.6 is 0 Å². The summed E-state index contributed by atoms with van der Waals surface area (Å²) >= 11 is 0. The van der Waals surface area contributed by atoms with Crippen molar-refractivity contribution in [1.82, 2.24) is 9.97 Å². The fourth-order valence-corrected chi connectivity index (χ4v) is 3.49. The van der Waals surface area contributed by atoms with E-state index in [0.717, 1.165) is 11.4 Å². The van der Waals surface area contributed by atoms with E-state index in [2.05, 4.69) is 20.2 Å². The molecule has 9 nitrogen and oxygen atoms in total. The highest BCUT2D eigenvalue weighted by molar-refractivity contribution is 5.79. The van der Waals surface area contributed by atoms with E-state index in [1.165, 1.54) is 13.4 Å². The van der Waals surface area contributed by atoms with E-state index in [1.54, 1.807) is 0 Å². The van der Waals surface area contributed by atoms with Gasteiger partial charge in [-0.2, -0.15) is 0 Å². The van der Waals surface area contributed by atoms with Crippen molar-refractivity contribution in [2.45, 2.75) is 12.8 Å². The lowest BCUT2D eigenvalue weighted by Crippen LogP contribution is -2.37. The van der Waals surface area contributed by atoms with E-state index < -0.39 is 0 Å². The largest absolute Gasteiger partial charge is 0.486 e. The summed E-state index contributed by atoms with van der Waals surface area (Å²) in [6.07, 6.45) is 2.90. The van der Waals surface area contributed by atoms with Crippen molar-refractivity contribution in [3.05, 3.63) is 24.5 Å². The Balaban J connectivity index is 1.49. The average Bonchev–Trinajstić information content (AvgIpc) is 2.75. The first-order chi connectivity index (χ1) is 13.7. The Bertz CT molecular complexity index is 867. The van der Waals surface area contributed by atoms with E-state index in [1.807, 2.05) is 18.2 Å². The number of ether oxygens (including phenoxy) is 3. The van der Waals surface area contributed by atoms with E-state index in [-0.39, 0.29) is 11.9 Å². The minimum atomic E-state index is -0.156. The fourth-order valence-electron chi connectivity index (χ4n) is 3.49. The summed E-state index contributed by atoms with van der Waals surface area (Å²) in [6, 6.07) is 5.60. The van der Waals surface area contributed by atoms with Crippen molar-refractivity contribution in [3.63, 3.8) is 0 Å². The van der Waals surface area contributed by atoms with Crippen molar-refractivity contribution in [2.24, 2.45) is 5.92 Å². The maximum Gasteiger partial charge on any atom is 0.308 e. The lowest BCUT2D eigenvalue weighted by Gasteiger charge is -2.32. The first kappa shape index (κ1) is 18.1. The number of piperidine rings is 1. The van der Waals surface area contributed by atoms with Gasteiger partial charge in [-0.3, -0.25) is 4.79 Å². The molecule has 3 N–H and O–H groups in total. The van der Waals surface area contributed by atoms with Crippen LogP contribution in [0, 0.1) is 5.92 Å². The van der Waals surface area contributed by atoms with Crippen LogP contribution in [0.5, 0.6) is 11.5 Å². The topological polar surface area (TPSA) is 112 Å². The third-order valence-corrected chi connectivity index (χ3v) is 5.00. The van der Waals surface area contributed by atoms with Crippen molar-refractivity contribution in [2.75, 3.05) is 49.4 Å². The Morgan fingerprint density at radius 3 is 2.71 bits per heavy atom. The molecule has 3 heterocycles. The van der Waals surface area contributed by atoms with Gasteiger partial charge in [0.1, 0.15) is 25.2 Å². The van der Waals surface area contributed by atoms with Crippen LogP contribution in [0.25, 0.3) is 0 Å². The van der Waals surface area contributed by atoms with E-state index in [9.17, 15) is 4.79 Å². The van der Waals surface area contributed by atoms with Crippen LogP contribution in [-0.2, 0) is 9.53 Å². The smallest absolute Gasteiger partial charge is 0.308 e. The molecule has 1 aromatic heterocycles. The molecule has 1 aromatic carbocycles. The van der Waals surface area contributed by atoms with Crippen LogP contribution in [-0.4, -0.2) is 49.4 Å². The molecule has 148 valence electrons. The maximum absolute atomic E-state index is 11.7. The fraction of sp³-hybridized carbons (Fsp3) is 0.421. The van der Waals surface area contributed by atoms with Crippen LogP contribution in [0.15, 0.2) is 24.5 Å². The highest BCUT2D eigenvalue weighted by Crippen LogP contribution is 2.35. The molecule has 0 saturated carbocycles. The quantitative estimate of drug-likeness (QED) is 0.763. The van der Waals surface area contributed by atoms with Crippen molar-refractivity contribution in [3.8, 4) is 11.5 Å². The summed E-state index contributed by atoms with van der Waals surface area (Å²) in [6.45, 7) is 2.45. The standard InChI is InChI=1S/C19H23N5O4/c1-26-19(25)12-4-6-24(7-5-12)18-16(20)17(21-11-22-18)23-13-2-3-14-15(10-13)28-9-8-27-14/h2-3,10-12H,4-9,20H2,1H3,(H,21,22,23). The summed E-state index contributed by atoms with van der Waals surface area (Å²) in [5, 5.41) is 3.23. The van der Waals surface area contributed by atoms with Gasteiger partial charge >= 0.3 is 5.97 Å². The average molecular weight is 385 g/mol. The molecule has 0 unspecified atom stereocenters. The number of aromatic nitrogens is 2. The number of nitrogens with two attached hydrogens (primary N) is 1. The van der Waals surface area contributed by atoms with E-state index >= 15 is 0 Å². The SMILES string of the molecule is COC(=O)C1CCN(c2ncnc(Nc3ccc4c(c3)OCCO4)c2N)CC1. The summed E-state index contributed by atoms with van der Waals surface area (Å²) in [4.78, 5) is 22.4. The molecular formula is C19H23N5O4. The molecule has 28 heavy (non-hydrogen) atoms. The number of fused-ring (bicyclic) bond motifs is 1. The summed E-state index contributed by atoms with van der Waals surface area (Å²) in [7, 11) is 1.42. The van der Waals surface area contributed by atoms with Gasteiger partial charge in [-0.15, -0.1) is 0 Å². The first-order valence-corrected chi connectivity index (χ1v) is 9.25. The molecular weight excluding hydrogens is 362 g/mol. The van der Waals surface area contributed by atoms with Crippen LogP contribution in [0.3, 0.4) is 0 Å². The van der Waals surface area contributed by atoms with Gasteiger partial charge in [0.2, 0.25) is 0 Å². The first-order valence-electron chi connectivity index (χ1n) is 9.25. The minimum Gasteiger partial charge on any atom is -0.486 e. The summed E-state index contributed by atoms with van der Waals surface area (Å²) in [5.74, 6) is 2.38. The third kappa shape index (κ3) is 3.60. The molecule has 0 aliphatic carbocycles. The third-order valence-electron chi connectivity index (χ3n) is 5.00. The van der Waals surface area contributed by atoms with Crippen LogP contribution < -0.4 is 25.4 Å². The maximum atomic E-state index is 11.7. The highest BCUT2D eigenvalue weighted by atomic mass is 16.6. The molecule has 0 amide bonds. The number of nitrogens with one attached hydrogen (secondary N) is 1. The molecule has 9 heteroatoms. The van der Waals surface area contributed by atoms with Crippen LogP contribution in [0.1, 0.15) is 12.8 Å². The molecule has 1 saturated heterocycles. The van der Waals surface area contributed by atoms with Crippen molar-refractivity contribution in [1.29, 1.82) is 0 Å². The zero-order chi connectivity index (χ0) is 19.5. The Morgan fingerprint density at radius 2 is 1.96 bits per heavy atom. The lowest BCUT2D eigenvalue weighted by atomic mass is 9.97. The second-order valence-corrected chi connectivity index (χ2v) is 6.73. The Labute approximate surface area is 162 Å². The minimum absolute atomic E-state index is 0.0698. The van der Waals surface area contributed by atoms with Crippen molar-refractivity contribution >= 4 is 29.0 Å². The summed E-state index contributed by atoms with van der Waals surface area (Å²) in [5.41, 5.74) is 7.61. The number of rotatable bonds is 4. The Hall–Kier alpha value is -3.23. The zero-order valence-corrected chi connectivity index (χ0v) is 15.7. The predicted molar refractivity (Wildman–Crippen MR) is 104 cm³/mol. The van der Waals surface area contributed by atoms with Crippen LogP contribution in [0.4, 0.5) is 23.0 Å². The molecule has 0 atom stereocenters. The van der Waals surface area contributed by atoms with Gasteiger partial charge in [0.15, 0.2) is 23.1 Å². The van der Waals surface area contributed by atoms with Gasteiger partial charge < -0.3 is 30.2 Å². The lowest BCUT2D eigenvalue weighted by molar-refractivity contribution is -0.146. The number of benzene rings is 1. The molecule has 1 fully saturated rings. The van der Waals surface area contributed by atoms with Gasteiger partial charge in [0.25, 0.3) is 0 Å². The van der Waals surface area contributed by atoms with E-state index in [4.69, 9.17) is 19.9 Å². The molecule has 4 rings (SSSR count). The molecule has 2 aromatic rings.